The lowest BCUT2D eigenvalue weighted by molar-refractivity contribution is -0.137. The largest absolute Gasteiger partial charge is 0.481 e. The summed E-state index contributed by atoms with van der Waals surface area (Å²) in [5.74, 6) is -0.918. The van der Waals surface area contributed by atoms with Gasteiger partial charge in [0.1, 0.15) is 5.75 Å². The van der Waals surface area contributed by atoms with Gasteiger partial charge in [0.2, 0.25) is 0 Å². The molecule has 4 nitrogen and oxygen atoms in total. The average Bonchev–Trinajstić information content (AvgIpc) is 2.60. The van der Waals surface area contributed by atoms with Crippen molar-refractivity contribution >= 4 is 17.6 Å². The van der Waals surface area contributed by atoms with Crippen LogP contribution in [0, 0.1) is 0 Å². The molecule has 7 heteroatoms. The molecular formula is C19H20ClF2NO3. The van der Waals surface area contributed by atoms with Gasteiger partial charge < -0.3 is 15.2 Å². The Kier molecular flexibility index (Phi) is 7.81. The fraction of sp³-hybridized carbons (Fsp3) is 0.316. The highest BCUT2D eigenvalue weighted by Crippen LogP contribution is 2.27. The Balaban J connectivity index is 1.98. The maximum absolute atomic E-state index is 12.3. The van der Waals surface area contributed by atoms with Crippen molar-refractivity contribution in [3.8, 4) is 5.75 Å². The zero-order valence-electron chi connectivity index (χ0n) is 14.0. The van der Waals surface area contributed by atoms with Crippen molar-refractivity contribution in [3.63, 3.8) is 0 Å². The molecule has 0 heterocycles. The number of carboxylic acids is 1. The predicted molar refractivity (Wildman–Crippen MR) is 95.7 cm³/mol. The molecular weight excluding hydrogens is 364 g/mol. The molecule has 0 amide bonds. The first-order valence-corrected chi connectivity index (χ1v) is 8.54. The van der Waals surface area contributed by atoms with Crippen molar-refractivity contribution in [2.75, 3.05) is 0 Å². The Hall–Kier alpha value is -2.18. The van der Waals surface area contributed by atoms with E-state index < -0.39 is 12.6 Å². The minimum atomic E-state index is -2.93. The molecule has 140 valence electrons. The molecule has 2 aromatic carbocycles. The second-order valence-electron chi connectivity index (χ2n) is 5.84. The van der Waals surface area contributed by atoms with Crippen molar-refractivity contribution in [2.45, 2.75) is 38.5 Å². The van der Waals surface area contributed by atoms with E-state index in [1.807, 2.05) is 30.3 Å². The molecule has 0 aliphatic heterocycles. The maximum atomic E-state index is 12.3. The number of nitrogens with one attached hydrogen (secondary N) is 1. The van der Waals surface area contributed by atoms with Crippen molar-refractivity contribution in [1.29, 1.82) is 0 Å². The van der Waals surface area contributed by atoms with Gasteiger partial charge in [0.25, 0.3) is 0 Å². The van der Waals surface area contributed by atoms with Crippen LogP contribution in [-0.4, -0.2) is 23.7 Å². The number of aliphatic carboxylic acids is 1. The lowest BCUT2D eigenvalue weighted by atomic mass is 10.0. The van der Waals surface area contributed by atoms with E-state index in [9.17, 15) is 13.6 Å². The molecule has 26 heavy (non-hydrogen) atoms. The molecule has 0 saturated carbocycles. The molecule has 2 N–H and O–H groups in total. The van der Waals surface area contributed by atoms with Gasteiger partial charge in [0.05, 0.1) is 5.02 Å². The minimum absolute atomic E-state index is 0.0377. The first-order valence-electron chi connectivity index (χ1n) is 8.16. The lowest BCUT2D eigenvalue weighted by Crippen LogP contribution is -2.31. The lowest BCUT2D eigenvalue weighted by Gasteiger charge is -2.19. The van der Waals surface area contributed by atoms with Crippen LogP contribution in [0.1, 0.15) is 24.0 Å². The Morgan fingerprint density at radius 2 is 1.88 bits per heavy atom. The van der Waals surface area contributed by atoms with E-state index >= 15 is 0 Å². The summed E-state index contributed by atoms with van der Waals surface area (Å²) in [4.78, 5) is 10.9. The Labute approximate surface area is 155 Å². The Bertz CT molecular complexity index is 713. The van der Waals surface area contributed by atoms with Gasteiger partial charge in [-0.05, 0) is 36.1 Å². The van der Waals surface area contributed by atoms with Crippen LogP contribution in [0.2, 0.25) is 5.02 Å². The summed E-state index contributed by atoms with van der Waals surface area (Å²) in [5.41, 5.74) is 1.90. The SMILES string of the molecule is O=C(O)CCC(Cc1ccccc1)NCc1ccc(OC(F)F)c(Cl)c1. The normalized spacial score (nSPS) is 12.2. The van der Waals surface area contributed by atoms with Crippen molar-refractivity contribution in [2.24, 2.45) is 0 Å². The monoisotopic (exact) mass is 383 g/mol. The van der Waals surface area contributed by atoms with Crippen molar-refractivity contribution < 1.29 is 23.4 Å². The summed E-state index contributed by atoms with van der Waals surface area (Å²) in [5, 5.41) is 12.4. The fourth-order valence-corrected chi connectivity index (χ4v) is 2.83. The maximum Gasteiger partial charge on any atom is 0.387 e. The number of rotatable bonds is 10. The zero-order chi connectivity index (χ0) is 18.9. The van der Waals surface area contributed by atoms with Crippen LogP contribution in [0.15, 0.2) is 48.5 Å². The standard InChI is InChI=1S/C19H20ClF2NO3/c20-16-11-14(6-8-17(16)26-19(21)22)12-23-15(7-9-18(24)25)10-13-4-2-1-3-5-13/h1-6,8,11,15,19,23H,7,9-10,12H2,(H,24,25). The first kappa shape index (κ1) is 20.1. The number of carbonyl (C=O) groups is 1. The summed E-state index contributed by atoms with van der Waals surface area (Å²) in [6, 6.07) is 14.3. The number of alkyl halides is 2. The smallest absolute Gasteiger partial charge is 0.387 e. The van der Waals surface area contributed by atoms with Crippen molar-refractivity contribution in [1.82, 2.24) is 5.32 Å². The van der Waals surface area contributed by atoms with Crippen LogP contribution < -0.4 is 10.1 Å². The number of hydrogen-bond acceptors (Lipinski definition) is 3. The van der Waals surface area contributed by atoms with Gasteiger partial charge in [0.15, 0.2) is 0 Å². The van der Waals surface area contributed by atoms with Crippen molar-refractivity contribution in [3.05, 3.63) is 64.7 Å². The summed E-state index contributed by atoms with van der Waals surface area (Å²) in [6.07, 6.45) is 1.23. The average molecular weight is 384 g/mol. The van der Waals surface area contributed by atoms with E-state index in [0.29, 0.717) is 19.4 Å². The molecule has 0 aliphatic carbocycles. The molecule has 1 atom stereocenters. The molecule has 0 bridgehead atoms. The number of benzene rings is 2. The highest BCUT2D eigenvalue weighted by molar-refractivity contribution is 6.32. The van der Waals surface area contributed by atoms with Crippen LogP contribution in [0.4, 0.5) is 8.78 Å². The fourth-order valence-electron chi connectivity index (χ4n) is 2.58. The highest BCUT2D eigenvalue weighted by atomic mass is 35.5. The summed E-state index contributed by atoms with van der Waals surface area (Å²) >= 11 is 5.96. The number of hydrogen-bond donors (Lipinski definition) is 2. The van der Waals surface area contributed by atoms with Crippen LogP contribution in [-0.2, 0) is 17.8 Å². The van der Waals surface area contributed by atoms with Gasteiger partial charge in [-0.3, -0.25) is 4.79 Å². The Morgan fingerprint density at radius 1 is 1.15 bits per heavy atom. The van der Waals surface area contributed by atoms with Gasteiger partial charge in [-0.15, -0.1) is 0 Å². The van der Waals surface area contributed by atoms with Gasteiger partial charge in [0, 0.05) is 19.0 Å². The molecule has 0 radical (unpaired) electrons. The number of carboxylic acid groups (broad SMARTS) is 1. The van der Waals surface area contributed by atoms with E-state index in [4.69, 9.17) is 16.7 Å². The second-order valence-corrected chi connectivity index (χ2v) is 6.25. The third-order valence-corrected chi connectivity index (χ3v) is 4.13. The Morgan fingerprint density at radius 3 is 2.50 bits per heavy atom. The summed E-state index contributed by atoms with van der Waals surface area (Å²) in [7, 11) is 0. The third-order valence-electron chi connectivity index (χ3n) is 3.84. The van der Waals surface area contributed by atoms with Crippen LogP contribution in [0.25, 0.3) is 0 Å². The van der Waals surface area contributed by atoms with Crippen LogP contribution in [0.5, 0.6) is 5.75 Å². The molecule has 0 spiro atoms. The predicted octanol–water partition coefficient (Wildman–Crippen LogP) is 4.51. The first-order chi connectivity index (χ1) is 12.4. The van der Waals surface area contributed by atoms with Crippen LogP contribution in [0.3, 0.4) is 0 Å². The summed E-state index contributed by atoms with van der Waals surface area (Å²) in [6.45, 7) is -2.49. The third kappa shape index (κ3) is 6.98. The highest BCUT2D eigenvalue weighted by Gasteiger charge is 2.13. The molecule has 2 aromatic rings. The minimum Gasteiger partial charge on any atom is -0.481 e. The summed E-state index contributed by atoms with van der Waals surface area (Å²) < 4.78 is 28.9. The van der Waals surface area contributed by atoms with Gasteiger partial charge in [-0.25, -0.2) is 0 Å². The van der Waals surface area contributed by atoms with E-state index in [0.717, 1.165) is 11.1 Å². The van der Waals surface area contributed by atoms with E-state index in [-0.39, 0.29) is 23.2 Å². The molecule has 0 saturated heterocycles. The number of halogens is 3. The van der Waals surface area contributed by atoms with E-state index in [1.54, 1.807) is 12.1 Å². The molecule has 0 aliphatic rings. The number of ether oxygens (including phenoxy) is 1. The van der Waals surface area contributed by atoms with E-state index in [2.05, 4.69) is 10.1 Å². The van der Waals surface area contributed by atoms with Gasteiger partial charge >= 0.3 is 12.6 Å². The topological polar surface area (TPSA) is 58.6 Å². The van der Waals surface area contributed by atoms with Gasteiger partial charge in [-0.1, -0.05) is 48.0 Å². The van der Waals surface area contributed by atoms with Crippen LogP contribution >= 0.6 is 11.6 Å². The quantitative estimate of drug-likeness (QED) is 0.634. The molecule has 0 fully saturated rings. The molecule has 2 rings (SSSR count). The molecule has 0 aromatic heterocycles. The zero-order valence-corrected chi connectivity index (χ0v) is 14.8. The molecule has 1 unspecified atom stereocenters. The van der Waals surface area contributed by atoms with E-state index in [1.165, 1.54) is 6.07 Å². The van der Waals surface area contributed by atoms with Gasteiger partial charge in [-0.2, -0.15) is 8.78 Å². The second kappa shape index (κ2) is 10.1.